The van der Waals surface area contributed by atoms with Crippen LogP contribution < -0.4 is 5.32 Å². The van der Waals surface area contributed by atoms with Crippen LogP contribution >= 0.6 is 11.3 Å². The zero-order chi connectivity index (χ0) is 13.2. The van der Waals surface area contributed by atoms with Gasteiger partial charge >= 0.3 is 0 Å². The van der Waals surface area contributed by atoms with Crippen LogP contribution in [0.4, 0.5) is 0 Å². The Bertz CT molecular complexity index is 440. The summed E-state index contributed by atoms with van der Waals surface area (Å²) < 4.78 is 0. The summed E-state index contributed by atoms with van der Waals surface area (Å²) in [7, 11) is 0. The summed E-state index contributed by atoms with van der Waals surface area (Å²) in [6, 6.07) is 0. The summed E-state index contributed by atoms with van der Waals surface area (Å²) in [5.41, 5.74) is 1.21. The molecule has 0 aliphatic carbocycles. The lowest BCUT2D eigenvalue weighted by Crippen LogP contribution is -2.38. The monoisotopic (exact) mass is 279 g/mol. The molecule has 2 aliphatic heterocycles. The molecule has 1 aromatic rings. The first-order valence-corrected chi connectivity index (χ1v) is 8.00. The van der Waals surface area contributed by atoms with Crippen LogP contribution in [0, 0.1) is 5.92 Å². The highest BCUT2D eigenvalue weighted by molar-refractivity contribution is 7.11. The molecule has 0 bridgehead atoms. The van der Waals surface area contributed by atoms with Crippen molar-refractivity contribution in [3.8, 4) is 0 Å². The number of hydrogen-bond acceptors (Lipinski definition) is 4. The van der Waals surface area contributed by atoms with Crippen LogP contribution in [0.15, 0.2) is 0 Å². The summed E-state index contributed by atoms with van der Waals surface area (Å²) in [6.07, 6.45) is 3.78. The summed E-state index contributed by atoms with van der Waals surface area (Å²) in [5, 5.41) is 4.35. The van der Waals surface area contributed by atoms with Gasteiger partial charge in [-0.1, -0.05) is 6.92 Å². The van der Waals surface area contributed by atoms with Crippen molar-refractivity contribution in [3.63, 3.8) is 0 Å². The van der Waals surface area contributed by atoms with Crippen molar-refractivity contribution >= 4 is 17.2 Å². The molecule has 1 fully saturated rings. The molecule has 0 saturated carbocycles. The normalized spacial score (nSPS) is 20.4. The van der Waals surface area contributed by atoms with Crippen molar-refractivity contribution in [3.05, 3.63) is 15.6 Å². The molecule has 0 radical (unpaired) electrons. The first kappa shape index (κ1) is 13.1. The maximum Gasteiger partial charge on any atom is 0.229 e. The minimum atomic E-state index is 0.256. The number of fused-ring (bicyclic) bond motifs is 1. The highest BCUT2D eigenvalue weighted by Crippen LogP contribution is 2.23. The highest BCUT2D eigenvalue weighted by Gasteiger charge is 2.22. The summed E-state index contributed by atoms with van der Waals surface area (Å²) >= 11 is 1.71. The van der Waals surface area contributed by atoms with Gasteiger partial charge in [0.1, 0.15) is 5.01 Å². The van der Waals surface area contributed by atoms with Crippen molar-refractivity contribution in [2.75, 3.05) is 19.6 Å². The Kier molecular flexibility index (Phi) is 3.84. The first-order chi connectivity index (χ1) is 9.22. The first-order valence-electron chi connectivity index (χ1n) is 7.18. The molecule has 1 N–H and O–H groups in total. The second kappa shape index (κ2) is 5.59. The number of amides is 1. The molecule has 19 heavy (non-hydrogen) atoms. The molecule has 1 amide bonds. The van der Waals surface area contributed by atoms with Crippen LogP contribution in [0.2, 0.25) is 0 Å². The van der Waals surface area contributed by atoms with E-state index in [1.54, 1.807) is 11.3 Å². The number of carbonyl (C=O) groups excluding carboxylic acids is 1. The second-order valence-electron chi connectivity index (χ2n) is 5.64. The van der Waals surface area contributed by atoms with Crippen LogP contribution in [0.3, 0.4) is 0 Å². The number of likely N-dealkylation sites (tertiary alicyclic amines) is 1. The average molecular weight is 279 g/mol. The van der Waals surface area contributed by atoms with Crippen LogP contribution in [0.1, 0.15) is 35.3 Å². The Hall–Kier alpha value is -0.940. The lowest BCUT2D eigenvalue weighted by molar-refractivity contribution is -0.131. The predicted octanol–water partition coefficient (Wildman–Crippen LogP) is 1.59. The SMILES string of the molecule is CC1CCN(C(=O)Cc2nc3c(s2)CNCC3)CC1. The number of thiazole rings is 1. The molecule has 3 heterocycles. The number of carbonyl (C=O) groups is 1. The van der Waals surface area contributed by atoms with Gasteiger partial charge in [-0.25, -0.2) is 4.98 Å². The third-order valence-electron chi connectivity index (χ3n) is 4.09. The second-order valence-corrected chi connectivity index (χ2v) is 6.81. The maximum atomic E-state index is 12.3. The van der Waals surface area contributed by atoms with Crippen molar-refractivity contribution in [2.45, 2.75) is 39.2 Å². The fourth-order valence-electron chi connectivity index (χ4n) is 2.75. The summed E-state index contributed by atoms with van der Waals surface area (Å²) in [6.45, 7) is 6.04. The average Bonchev–Trinajstić information content (AvgIpc) is 2.81. The number of hydrogen-bond donors (Lipinski definition) is 1. The standard InChI is InChI=1S/C14H21N3OS/c1-10-3-6-17(7-4-10)14(18)8-13-16-11-2-5-15-9-12(11)19-13/h10,15H,2-9H2,1H3. The van der Waals surface area contributed by atoms with Gasteiger partial charge in [0.25, 0.3) is 0 Å². The molecule has 104 valence electrons. The fourth-order valence-corrected chi connectivity index (χ4v) is 3.83. The Morgan fingerprint density at radius 1 is 1.47 bits per heavy atom. The number of piperidine rings is 1. The molecule has 0 spiro atoms. The van der Waals surface area contributed by atoms with Crippen molar-refractivity contribution < 1.29 is 4.79 Å². The van der Waals surface area contributed by atoms with Gasteiger partial charge in [0.15, 0.2) is 0 Å². The third-order valence-corrected chi connectivity index (χ3v) is 5.18. The lowest BCUT2D eigenvalue weighted by Gasteiger charge is -2.30. The molecular weight excluding hydrogens is 258 g/mol. The van der Waals surface area contributed by atoms with Crippen LogP contribution in [-0.4, -0.2) is 35.4 Å². The number of nitrogens with zero attached hydrogens (tertiary/aromatic N) is 2. The topological polar surface area (TPSA) is 45.2 Å². The molecule has 1 aromatic heterocycles. The Morgan fingerprint density at radius 3 is 3.00 bits per heavy atom. The van der Waals surface area contributed by atoms with Crippen molar-refractivity contribution in [1.29, 1.82) is 0 Å². The van der Waals surface area contributed by atoms with Crippen LogP contribution in [-0.2, 0) is 24.2 Å². The highest BCUT2D eigenvalue weighted by atomic mass is 32.1. The van der Waals surface area contributed by atoms with E-state index in [4.69, 9.17) is 0 Å². The molecule has 0 unspecified atom stereocenters. The van der Waals surface area contributed by atoms with E-state index < -0.39 is 0 Å². The zero-order valence-electron chi connectivity index (χ0n) is 11.4. The van der Waals surface area contributed by atoms with Crippen LogP contribution in [0.25, 0.3) is 0 Å². The van der Waals surface area contributed by atoms with Gasteiger partial charge in [0.05, 0.1) is 12.1 Å². The number of rotatable bonds is 2. The van der Waals surface area contributed by atoms with E-state index in [2.05, 4.69) is 17.2 Å². The van der Waals surface area contributed by atoms with Crippen LogP contribution in [0.5, 0.6) is 0 Å². The summed E-state index contributed by atoms with van der Waals surface area (Å²) in [4.78, 5) is 20.2. The zero-order valence-corrected chi connectivity index (χ0v) is 12.3. The smallest absolute Gasteiger partial charge is 0.229 e. The van der Waals surface area contributed by atoms with Gasteiger partial charge in [0.2, 0.25) is 5.91 Å². The minimum Gasteiger partial charge on any atom is -0.342 e. The number of aromatic nitrogens is 1. The van der Waals surface area contributed by atoms with Gasteiger partial charge in [-0.05, 0) is 18.8 Å². The van der Waals surface area contributed by atoms with E-state index in [9.17, 15) is 4.79 Å². The molecule has 3 rings (SSSR count). The van der Waals surface area contributed by atoms with E-state index in [1.165, 1.54) is 10.6 Å². The Labute approximate surface area is 118 Å². The van der Waals surface area contributed by atoms with Gasteiger partial charge in [0, 0.05) is 37.5 Å². The van der Waals surface area contributed by atoms with Crippen molar-refractivity contribution in [1.82, 2.24) is 15.2 Å². The molecular formula is C14H21N3OS. The van der Waals surface area contributed by atoms with E-state index in [-0.39, 0.29) is 5.91 Å². The lowest BCUT2D eigenvalue weighted by atomic mass is 9.99. The van der Waals surface area contributed by atoms with E-state index >= 15 is 0 Å². The van der Waals surface area contributed by atoms with Gasteiger partial charge in [-0.2, -0.15) is 0 Å². The predicted molar refractivity (Wildman–Crippen MR) is 76.2 cm³/mol. The van der Waals surface area contributed by atoms with Gasteiger partial charge in [-0.3, -0.25) is 4.79 Å². The largest absolute Gasteiger partial charge is 0.342 e. The minimum absolute atomic E-state index is 0.256. The van der Waals surface area contributed by atoms with E-state index in [1.807, 2.05) is 4.90 Å². The quantitative estimate of drug-likeness (QED) is 0.894. The van der Waals surface area contributed by atoms with Gasteiger partial charge in [-0.15, -0.1) is 11.3 Å². The maximum absolute atomic E-state index is 12.3. The van der Waals surface area contributed by atoms with E-state index in [0.717, 1.165) is 56.4 Å². The van der Waals surface area contributed by atoms with E-state index in [0.29, 0.717) is 6.42 Å². The Balaban J connectivity index is 1.61. The summed E-state index contributed by atoms with van der Waals surface area (Å²) in [5.74, 6) is 1.02. The molecule has 5 heteroatoms. The molecule has 0 atom stereocenters. The molecule has 4 nitrogen and oxygen atoms in total. The number of nitrogens with one attached hydrogen (secondary N) is 1. The Morgan fingerprint density at radius 2 is 2.26 bits per heavy atom. The van der Waals surface area contributed by atoms with Crippen molar-refractivity contribution in [2.24, 2.45) is 5.92 Å². The third kappa shape index (κ3) is 2.98. The molecule has 2 aliphatic rings. The van der Waals surface area contributed by atoms with Gasteiger partial charge < -0.3 is 10.2 Å². The fraction of sp³-hybridized carbons (Fsp3) is 0.714. The molecule has 1 saturated heterocycles. The molecule has 0 aromatic carbocycles.